The Labute approximate surface area is 113 Å². The molecule has 0 unspecified atom stereocenters. The lowest BCUT2D eigenvalue weighted by molar-refractivity contribution is -0.129. The van der Waals surface area contributed by atoms with Crippen LogP contribution in [0.25, 0.3) is 0 Å². The summed E-state index contributed by atoms with van der Waals surface area (Å²) in [6.07, 6.45) is 2.70. The molecule has 0 N–H and O–H groups in total. The van der Waals surface area contributed by atoms with E-state index >= 15 is 0 Å². The van der Waals surface area contributed by atoms with Crippen LogP contribution in [0.4, 0.5) is 0 Å². The van der Waals surface area contributed by atoms with Crippen molar-refractivity contribution in [2.24, 2.45) is 0 Å². The van der Waals surface area contributed by atoms with E-state index in [4.69, 9.17) is 4.43 Å². The van der Waals surface area contributed by atoms with Crippen LogP contribution in [0.15, 0.2) is 0 Å². The summed E-state index contributed by atoms with van der Waals surface area (Å²) in [7, 11) is -1.68. The molecule has 3 nitrogen and oxygen atoms in total. The van der Waals surface area contributed by atoms with Gasteiger partial charge in [-0.2, -0.15) is 0 Å². The van der Waals surface area contributed by atoms with Crippen molar-refractivity contribution in [3.05, 3.63) is 0 Å². The largest absolute Gasteiger partial charge is 0.415 e. The quantitative estimate of drug-likeness (QED) is 0.717. The molecule has 18 heavy (non-hydrogen) atoms. The second-order valence-electron chi connectivity index (χ2n) is 6.85. The van der Waals surface area contributed by atoms with E-state index in [1.54, 1.807) is 0 Å². The first-order chi connectivity index (χ1) is 8.19. The monoisotopic (exact) mass is 271 g/mol. The highest BCUT2D eigenvalue weighted by Crippen LogP contribution is 2.37. The molecule has 1 atom stereocenters. The summed E-state index contributed by atoms with van der Waals surface area (Å²) < 4.78 is 6.25. The van der Waals surface area contributed by atoms with Gasteiger partial charge < -0.3 is 9.33 Å². The van der Waals surface area contributed by atoms with E-state index < -0.39 is 8.32 Å². The molecule has 1 heterocycles. The third-order valence-electron chi connectivity index (χ3n) is 4.36. The van der Waals surface area contributed by atoms with Crippen LogP contribution in [0, 0.1) is 0 Å². The van der Waals surface area contributed by atoms with Gasteiger partial charge in [0.2, 0.25) is 5.91 Å². The average Bonchev–Trinajstić information content (AvgIpc) is 2.57. The molecule has 1 aliphatic rings. The lowest BCUT2D eigenvalue weighted by atomic mass is 10.2. The van der Waals surface area contributed by atoms with Crippen molar-refractivity contribution in [2.75, 3.05) is 13.2 Å². The fraction of sp³-hybridized carbons (Fsp3) is 0.929. The molecule has 106 valence electrons. The number of amides is 1. The predicted octanol–water partition coefficient (Wildman–Crippen LogP) is 3.41. The molecule has 0 radical (unpaired) electrons. The second-order valence-corrected chi connectivity index (χ2v) is 11.7. The Balaban J connectivity index is 2.55. The summed E-state index contributed by atoms with van der Waals surface area (Å²) in [6, 6.07) is 0.312. The lowest BCUT2D eigenvalue weighted by Gasteiger charge is -2.38. The van der Waals surface area contributed by atoms with Gasteiger partial charge in [0.05, 0.1) is 12.6 Å². The Bertz CT molecular complexity index is 297. The molecular weight excluding hydrogens is 242 g/mol. The highest BCUT2D eigenvalue weighted by molar-refractivity contribution is 6.74. The first-order valence-corrected chi connectivity index (χ1v) is 10.0. The molecule has 1 aliphatic heterocycles. The Morgan fingerprint density at radius 3 is 2.50 bits per heavy atom. The number of carbonyl (C=O) groups is 1. The van der Waals surface area contributed by atoms with Crippen molar-refractivity contribution in [1.82, 2.24) is 4.90 Å². The standard InChI is InChI=1S/C14H29NO2Si/c1-7-10-15-12(8-9-13(15)16)11-17-18(5,6)14(2,3)4/h12H,7-11H2,1-6H3/t12-/m1/s1. The van der Waals surface area contributed by atoms with Gasteiger partial charge in [-0.3, -0.25) is 4.79 Å². The molecule has 0 aromatic carbocycles. The Morgan fingerprint density at radius 1 is 1.39 bits per heavy atom. The molecule has 0 spiro atoms. The smallest absolute Gasteiger partial charge is 0.222 e. The minimum atomic E-state index is -1.68. The molecule has 4 heteroatoms. The van der Waals surface area contributed by atoms with E-state index in [0.29, 0.717) is 18.4 Å². The summed E-state index contributed by atoms with van der Waals surface area (Å²) in [6.45, 7) is 15.0. The highest BCUT2D eigenvalue weighted by Gasteiger charge is 2.39. The second kappa shape index (κ2) is 5.74. The molecular formula is C14H29NO2Si. The minimum Gasteiger partial charge on any atom is -0.415 e. The molecule has 1 amide bonds. The van der Waals surface area contributed by atoms with Gasteiger partial charge in [0.1, 0.15) is 0 Å². The maximum absolute atomic E-state index is 11.8. The van der Waals surface area contributed by atoms with E-state index in [1.807, 2.05) is 4.90 Å². The van der Waals surface area contributed by atoms with Crippen molar-refractivity contribution < 1.29 is 9.22 Å². The molecule has 0 saturated carbocycles. The zero-order valence-corrected chi connectivity index (χ0v) is 13.9. The molecule has 1 fully saturated rings. The van der Waals surface area contributed by atoms with Crippen molar-refractivity contribution in [3.63, 3.8) is 0 Å². The van der Waals surface area contributed by atoms with Gasteiger partial charge in [0.15, 0.2) is 8.32 Å². The third kappa shape index (κ3) is 3.57. The first-order valence-electron chi connectivity index (χ1n) is 7.12. The number of hydrogen-bond acceptors (Lipinski definition) is 2. The van der Waals surface area contributed by atoms with Gasteiger partial charge in [0.25, 0.3) is 0 Å². The van der Waals surface area contributed by atoms with Crippen molar-refractivity contribution >= 4 is 14.2 Å². The van der Waals surface area contributed by atoms with Gasteiger partial charge in [-0.1, -0.05) is 27.7 Å². The van der Waals surface area contributed by atoms with Crippen LogP contribution in [0.2, 0.25) is 18.1 Å². The van der Waals surface area contributed by atoms with E-state index in [2.05, 4.69) is 40.8 Å². The van der Waals surface area contributed by atoms with Crippen molar-refractivity contribution in [2.45, 2.75) is 71.1 Å². The lowest BCUT2D eigenvalue weighted by Crippen LogP contribution is -2.45. The van der Waals surface area contributed by atoms with Crippen molar-refractivity contribution in [1.29, 1.82) is 0 Å². The average molecular weight is 271 g/mol. The van der Waals surface area contributed by atoms with Crippen LogP contribution in [0.5, 0.6) is 0 Å². The van der Waals surface area contributed by atoms with E-state index in [1.165, 1.54) is 0 Å². The Morgan fingerprint density at radius 2 is 2.00 bits per heavy atom. The molecule has 0 aliphatic carbocycles. The maximum atomic E-state index is 11.8. The SMILES string of the molecule is CCCN1C(=O)CC[C@@H]1CO[Si](C)(C)C(C)(C)C. The van der Waals surface area contributed by atoms with Gasteiger partial charge in [-0.25, -0.2) is 0 Å². The van der Waals surface area contributed by atoms with Crippen LogP contribution in [-0.4, -0.2) is 38.3 Å². The summed E-state index contributed by atoms with van der Waals surface area (Å²) in [4.78, 5) is 13.8. The van der Waals surface area contributed by atoms with Gasteiger partial charge >= 0.3 is 0 Å². The van der Waals surface area contributed by atoms with Gasteiger partial charge in [0, 0.05) is 13.0 Å². The molecule has 0 aromatic heterocycles. The molecule has 0 aromatic rings. The van der Waals surface area contributed by atoms with Crippen LogP contribution in [-0.2, 0) is 9.22 Å². The Hall–Kier alpha value is -0.353. The fourth-order valence-corrected chi connectivity index (χ4v) is 3.08. The number of rotatable bonds is 5. The summed E-state index contributed by atoms with van der Waals surface area (Å²) >= 11 is 0. The fourth-order valence-electron chi connectivity index (χ4n) is 2.04. The van der Waals surface area contributed by atoms with Crippen LogP contribution in [0.3, 0.4) is 0 Å². The van der Waals surface area contributed by atoms with Crippen LogP contribution >= 0.6 is 0 Å². The predicted molar refractivity (Wildman–Crippen MR) is 78.2 cm³/mol. The highest BCUT2D eigenvalue weighted by atomic mass is 28.4. The molecule has 1 rings (SSSR count). The van der Waals surface area contributed by atoms with Crippen LogP contribution in [0.1, 0.15) is 47.0 Å². The van der Waals surface area contributed by atoms with Crippen molar-refractivity contribution in [3.8, 4) is 0 Å². The van der Waals surface area contributed by atoms with Crippen LogP contribution < -0.4 is 0 Å². The topological polar surface area (TPSA) is 29.5 Å². The number of hydrogen-bond donors (Lipinski definition) is 0. The Kier molecular flexibility index (Phi) is 5.01. The number of nitrogens with zero attached hydrogens (tertiary/aromatic N) is 1. The van der Waals surface area contributed by atoms with Gasteiger partial charge in [-0.15, -0.1) is 0 Å². The van der Waals surface area contributed by atoms with E-state index in [0.717, 1.165) is 26.0 Å². The zero-order chi connectivity index (χ0) is 14.0. The van der Waals surface area contributed by atoms with Gasteiger partial charge in [-0.05, 0) is 31.0 Å². The number of likely N-dealkylation sites (tertiary alicyclic amines) is 1. The van der Waals surface area contributed by atoms with E-state index in [-0.39, 0.29) is 5.04 Å². The third-order valence-corrected chi connectivity index (χ3v) is 8.86. The zero-order valence-electron chi connectivity index (χ0n) is 12.9. The van der Waals surface area contributed by atoms with E-state index in [9.17, 15) is 4.79 Å². The summed E-state index contributed by atoms with van der Waals surface area (Å²) in [5.74, 6) is 0.306. The molecule has 0 bridgehead atoms. The maximum Gasteiger partial charge on any atom is 0.222 e. The summed E-state index contributed by atoms with van der Waals surface area (Å²) in [5.41, 5.74) is 0. The molecule has 1 saturated heterocycles. The minimum absolute atomic E-state index is 0.241. The summed E-state index contributed by atoms with van der Waals surface area (Å²) in [5, 5.41) is 0.241. The first kappa shape index (κ1) is 15.7. The normalized spacial score (nSPS) is 21.8. The number of carbonyl (C=O) groups excluding carboxylic acids is 1.